The molecule has 0 aliphatic rings. The fraction of sp³-hybridized carbons (Fsp3) is 0.167. The number of carbonyl (C=O) groups is 1. The molecule has 4 rings (SSSR count). The minimum atomic E-state index is -0.993. The molecule has 0 unspecified atom stereocenters. The van der Waals surface area contributed by atoms with Gasteiger partial charge in [-0.2, -0.15) is 0 Å². The van der Waals surface area contributed by atoms with Crippen molar-refractivity contribution in [1.29, 1.82) is 0 Å². The molecule has 0 saturated carbocycles. The Labute approximate surface area is 189 Å². The van der Waals surface area contributed by atoms with Crippen LogP contribution in [0.1, 0.15) is 16.1 Å². The fourth-order valence-electron chi connectivity index (χ4n) is 3.14. The Morgan fingerprint density at radius 3 is 2.12 bits per heavy atom. The number of methoxy groups -OCH3 is 1. The van der Waals surface area contributed by atoms with Gasteiger partial charge in [0.2, 0.25) is 0 Å². The van der Waals surface area contributed by atoms with Crippen LogP contribution in [0.25, 0.3) is 32.4 Å². The first-order valence-corrected chi connectivity index (χ1v) is 10.7. The van der Waals surface area contributed by atoms with Crippen molar-refractivity contribution in [3.63, 3.8) is 0 Å². The molecule has 162 valence electrons. The highest BCUT2D eigenvalue weighted by atomic mass is 32.1. The van der Waals surface area contributed by atoms with E-state index in [0.29, 0.717) is 29.6 Å². The van der Waals surface area contributed by atoms with Crippen molar-refractivity contribution in [2.45, 2.75) is 6.92 Å². The quantitative estimate of drug-likeness (QED) is 0.381. The second-order valence-electron chi connectivity index (χ2n) is 6.99. The summed E-state index contributed by atoms with van der Waals surface area (Å²) in [5, 5.41) is 19.1. The molecule has 2 aromatic heterocycles. The normalized spacial score (nSPS) is 10.8. The van der Waals surface area contributed by atoms with Crippen molar-refractivity contribution in [2.24, 2.45) is 0 Å². The number of aryl methyl sites for hydroxylation is 1. The predicted octanol–water partition coefficient (Wildman–Crippen LogP) is 4.97. The summed E-state index contributed by atoms with van der Waals surface area (Å²) >= 11 is 1.42. The molecule has 0 amide bonds. The fourth-order valence-corrected chi connectivity index (χ4v) is 3.96. The van der Waals surface area contributed by atoms with Crippen molar-refractivity contribution in [1.82, 2.24) is 15.2 Å². The summed E-state index contributed by atoms with van der Waals surface area (Å²) in [6.45, 7) is 2.75. The van der Waals surface area contributed by atoms with E-state index in [4.69, 9.17) is 14.6 Å². The van der Waals surface area contributed by atoms with E-state index in [1.807, 2.05) is 48.5 Å². The van der Waals surface area contributed by atoms with Crippen LogP contribution in [-0.2, 0) is 4.74 Å². The highest BCUT2D eigenvalue weighted by molar-refractivity contribution is 7.17. The monoisotopic (exact) mass is 447 g/mol. The molecule has 4 aromatic rings. The third-order valence-electron chi connectivity index (χ3n) is 4.84. The number of ether oxygens (including phenoxy) is 2. The molecule has 0 saturated heterocycles. The first-order valence-electron chi connectivity index (χ1n) is 9.92. The van der Waals surface area contributed by atoms with Crippen LogP contribution in [0.2, 0.25) is 0 Å². The number of hydrogen-bond acceptors (Lipinski definition) is 7. The van der Waals surface area contributed by atoms with E-state index in [-0.39, 0.29) is 5.56 Å². The van der Waals surface area contributed by atoms with Gasteiger partial charge in [0.05, 0.1) is 17.9 Å². The van der Waals surface area contributed by atoms with E-state index in [2.05, 4.69) is 15.2 Å². The third kappa shape index (κ3) is 4.82. The topological polar surface area (TPSA) is 94.4 Å². The molecule has 0 aliphatic carbocycles. The maximum absolute atomic E-state index is 11.2. The van der Waals surface area contributed by atoms with Crippen molar-refractivity contribution in [3.05, 3.63) is 71.9 Å². The molecule has 0 fully saturated rings. The number of pyridine rings is 1. The van der Waals surface area contributed by atoms with Gasteiger partial charge in [-0.15, -0.1) is 10.2 Å². The van der Waals surface area contributed by atoms with Gasteiger partial charge in [0.15, 0.2) is 5.01 Å². The van der Waals surface area contributed by atoms with Gasteiger partial charge < -0.3 is 14.6 Å². The summed E-state index contributed by atoms with van der Waals surface area (Å²) in [6, 6.07) is 19.2. The minimum absolute atomic E-state index is 0.184. The molecule has 32 heavy (non-hydrogen) atoms. The van der Waals surface area contributed by atoms with Gasteiger partial charge >= 0.3 is 5.97 Å². The summed E-state index contributed by atoms with van der Waals surface area (Å²) in [5.74, 6) is -0.183. The van der Waals surface area contributed by atoms with E-state index in [1.165, 1.54) is 11.3 Å². The zero-order chi connectivity index (χ0) is 22.5. The smallest absolute Gasteiger partial charge is 0.337 e. The number of aromatic carboxylic acids is 1. The zero-order valence-corrected chi connectivity index (χ0v) is 18.4. The summed E-state index contributed by atoms with van der Waals surface area (Å²) in [5.41, 5.74) is 4.38. The van der Waals surface area contributed by atoms with Gasteiger partial charge in [-0.25, -0.2) is 9.78 Å². The van der Waals surface area contributed by atoms with Crippen LogP contribution in [0.5, 0.6) is 5.75 Å². The zero-order valence-electron chi connectivity index (χ0n) is 17.6. The second kappa shape index (κ2) is 9.67. The van der Waals surface area contributed by atoms with Crippen LogP contribution in [0, 0.1) is 6.92 Å². The molecular formula is C24H21N3O4S. The van der Waals surface area contributed by atoms with E-state index in [0.717, 1.165) is 27.4 Å². The van der Waals surface area contributed by atoms with Crippen LogP contribution in [0.4, 0.5) is 0 Å². The molecule has 7 nitrogen and oxygen atoms in total. The largest absolute Gasteiger partial charge is 0.491 e. The molecule has 0 aliphatic heterocycles. The lowest BCUT2D eigenvalue weighted by molar-refractivity contribution is 0.0695. The van der Waals surface area contributed by atoms with Gasteiger partial charge in [0.1, 0.15) is 23.1 Å². The number of aromatic nitrogens is 3. The number of carboxylic acid groups (broad SMARTS) is 1. The lowest BCUT2D eigenvalue weighted by atomic mass is 10.0. The van der Waals surface area contributed by atoms with Crippen molar-refractivity contribution in [3.8, 4) is 38.1 Å². The minimum Gasteiger partial charge on any atom is -0.491 e. The summed E-state index contributed by atoms with van der Waals surface area (Å²) < 4.78 is 10.6. The van der Waals surface area contributed by atoms with Gasteiger partial charge in [-0.3, -0.25) is 0 Å². The Balaban J connectivity index is 1.49. The standard InChI is InChI=1S/C24H21N3O4S/c1-15-20(24(28)29)11-12-21(25-15)23-27-26-22(32-23)18-5-3-16(4-6-18)17-7-9-19(10-8-17)31-14-13-30-2/h3-12H,13-14H2,1-2H3,(H,28,29). The van der Waals surface area contributed by atoms with Gasteiger partial charge in [-0.1, -0.05) is 47.7 Å². The first-order chi connectivity index (χ1) is 15.5. The van der Waals surface area contributed by atoms with Crippen LogP contribution in [-0.4, -0.2) is 46.6 Å². The highest BCUT2D eigenvalue weighted by Gasteiger charge is 2.14. The van der Waals surface area contributed by atoms with Gasteiger partial charge in [0.25, 0.3) is 0 Å². The summed E-state index contributed by atoms with van der Waals surface area (Å²) in [7, 11) is 1.65. The lowest BCUT2D eigenvalue weighted by Gasteiger charge is -2.07. The van der Waals surface area contributed by atoms with E-state index in [1.54, 1.807) is 26.2 Å². The Bertz CT molecular complexity index is 1220. The Kier molecular flexibility index (Phi) is 6.53. The van der Waals surface area contributed by atoms with Crippen LogP contribution >= 0.6 is 11.3 Å². The van der Waals surface area contributed by atoms with Crippen molar-refractivity contribution < 1.29 is 19.4 Å². The molecule has 0 bridgehead atoms. The Morgan fingerprint density at radius 1 is 0.875 bits per heavy atom. The maximum Gasteiger partial charge on any atom is 0.337 e. The lowest BCUT2D eigenvalue weighted by Crippen LogP contribution is -2.03. The second-order valence-corrected chi connectivity index (χ2v) is 7.97. The summed E-state index contributed by atoms with van der Waals surface area (Å²) in [4.78, 5) is 15.5. The maximum atomic E-state index is 11.2. The molecule has 1 N–H and O–H groups in total. The molecule has 8 heteroatoms. The van der Waals surface area contributed by atoms with Crippen LogP contribution in [0.15, 0.2) is 60.7 Å². The molecule has 0 atom stereocenters. The van der Waals surface area contributed by atoms with Crippen LogP contribution in [0.3, 0.4) is 0 Å². The third-order valence-corrected chi connectivity index (χ3v) is 5.83. The SMILES string of the molecule is COCCOc1ccc(-c2ccc(-c3nnc(-c4ccc(C(=O)O)c(C)n4)s3)cc2)cc1. The summed E-state index contributed by atoms with van der Waals surface area (Å²) in [6.07, 6.45) is 0. The highest BCUT2D eigenvalue weighted by Crippen LogP contribution is 2.31. The number of nitrogens with zero attached hydrogens (tertiary/aromatic N) is 3. The number of hydrogen-bond donors (Lipinski definition) is 1. The van der Waals surface area contributed by atoms with Crippen molar-refractivity contribution >= 4 is 17.3 Å². The molecular weight excluding hydrogens is 426 g/mol. The number of rotatable bonds is 8. The molecule has 0 spiro atoms. The van der Waals surface area contributed by atoms with Crippen molar-refractivity contribution in [2.75, 3.05) is 20.3 Å². The average Bonchev–Trinajstić information content (AvgIpc) is 3.30. The predicted molar refractivity (Wildman–Crippen MR) is 123 cm³/mol. The van der Waals surface area contributed by atoms with E-state index in [9.17, 15) is 4.79 Å². The average molecular weight is 448 g/mol. The van der Waals surface area contributed by atoms with E-state index >= 15 is 0 Å². The number of benzene rings is 2. The van der Waals surface area contributed by atoms with E-state index < -0.39 is 5.97 Å². The van der Waals surface area contributed by atoms with Crippen LogP contribution < -0.4 is 4.74 Å². The Hall–Kier alpha value is -3.62. The number of carboxylic acids is 1. The Morgan fingerprint density at radius 2 is 1.50 bits per heavy atom. The molecule has 2 heterocycles. The first kappa shape index (κ1) is 21.6. The molecule has 0 radical (unpaired) electrons. The van der Waals surface area contributed by atoms with Gasteiger partial charge in [-0.05, 0) is 42.3 Å². The van der Waals surface area contributed by atoms with Gasteiger partial charge in [0, 0.05) is 12.7 Å². The molecule has 2 aromatic carbocycles.